The van der Waals surface area contributed by atoms with Crippen molar-refractivity contribution in [1.82, 2.24) is 30.2 Å². The molecule has 0 aliphatic carbocycles. The molecule has 0 bridgehead atoms. The highest BCUT2D eigenvalue weighted by molar-refractivity contribution is 7.91. The van der Waals surface area contributed by atoms with Crippen molar-refractivity contribution in [1.29, 1.82) is 0 Å². The number of tetrazole rings is 1. The highest BCUT2D eigenvalue weighted by Crippen LogP contribution is 2.29. The third-order valence-corrected chi connectivity index (χ3v) is 5.69. The molecule has 0 spiro atoms. The molecule has 1 aromatic carbocycles. The van der Waals surface area contributed by atoms with Crippen molar-refractivity contribution in [3.8, 4) is 0 Å². The average molecular weight is 387 g/mol. The SMILES string of the molecule is CCCc1nc2cc(Cl)c(Cl)cc2nc1S(=O)(=O)c1nnnn1C. The second kappa shape index (κ2) is 6.23. The van der Waals surface area contributed by atoms with Gasteiger partial charge in [-0.1, -0.05) is 41.6 Å². The maximum Gasteiger partial charge on any atom is 0.273 e. The highest BCUT2D eigenvalue weighted by atomic mass is 35.5. The zero-order valence-corrected chi connectivity index (χ0v) is 15.1. The van der Waals surface area contributed by atoms with Gasteiger partial charge in [0, 0.05) is 7.05 Å². The van der Waals surface area contributed by atoms with E-state index in [-0.39, 0.29) is 15.2 Å². The van der Waals surface area contributed by atoms with Crippen LogP contribution in [0.25, 0.3) is 11.0 Å². The van der Waals surface area contributed by atoms with E-state index >= 15 is 0 Å². The van der Waals surface area contributed by atoms with Crippen LogP contribution in [0.2, 0.25) is 10.0 Å². The number of aryl methyl sites for hydroxylation is 2. The molecule has 0 radical (unpaired) electrons. The molecule has 24 heavy (non-hydrogen) atoms. The van der Waals surface area contributed by atoms with Gasteiger partial charge in [0.2, 0.25) is 0 Å². The molecule has 3 rings (SSSR count). The van der Waals surface area contributed by atoms with Gasteiger partial charge in [-0.15, -0.1) is 0 Å². The van der Waals surface area contributed by atoms with Crippen molar-refractivity contribution in [2.45, 2.75) is 29.9 Å². The van der Waals surface area contributed by atoms with Crippen LogP contribution >= 0.6 is 23.2 Å². The number of aromatic nitrogens is 6. The van der Waals surface area contributed by atoms with E-state index in [2.05, 4.69) is 25.5 Å². The summed E-state index contributed by atoms with van der Waals surface area (Å²) in [6.07, 6.45) is 1.13. The molecular weight excluding hydrogens is 375 g/mol. The van der Waals surface area contributed by atoms with Crippen molar-refractivity contribution in [2.75, 3.05) is 0 Å². The third-order valence-electron chi connectivity index (χ3n) is 3.30. The summed E-state index contributed by atoms with van der Waals surface area (Å²) < 4.78 is 26.8. The van der Waals surface area contributed by atoms with Gasteiger partial charge in [0.05, 0.1) is 26.8 Å². The summed E-state index contributed by atoms with van der Waals surface area (Å²) in [7, 11) is -2.57. The van der Waals surface area contributed by atoms with Crippen molar-refractivity contribution < 1.29 is 8.42 Å². The first-order chi connectivity index (χ1) is 11.3. The minimum Gasteiger partial charge on any atom is -0.248 e. The maximum absolute atomic E-state index is 12.9. The van der Waals surface area contributed by atoms with Crippen molar-refractivity contribution in [3.63, 3.8) is 0 Å². The Kier molecular flexibility index (Phi) is 4.41. The van der Waals surface area contributed by atoms with Crippen LogP contribution in [0, 0.1) is 0 Å². The summed E-state index contributed by atoms with van der Waals surface area (Å²) in [4.78, 5) is 8.67. The Labute approximate surface area is 147 Å². The molecule has 0 N–H and O–H groups in total. The predicted octanol–water partition coefficient (Wildman–Crippen LogP) is 2.25. The summed E-state index contributed by atoms with van der Waals surface area (Å²) in [5.41, 5.74) is 1.15. The standard InChI is InChI=1S/C13H12Cl2N6O2S/c1-3-4-9-12(24(22,23)13-18-19-20-21(13)2)17-11-6-8(15)7(14)5-10(11)16-9/h5-6H,3-4H2,1-2H3. The Morgan fingerprint density at radius 1 is 1.12 bits per heavy atom. The maximum atomic E-state index is 12.9. The molecule has 3 aromatic rings. The summed E-state index contributed by atoms with van der Waals surface area (Å²) in [5, 5.41) is 10.6. The molecule has 2 heterocycles. The smallest absolute Gasteiger partial charge is 0.248 e. The Morgan fingerprint density at radius 3 is 2.29 bits per heavy atom. The van der Waals surface area contributed by atoms with Crippen LogP contribution in [-0.2, 0) is 23.3 Å². The number of sulfone groups is 1. The minimum atomic E-state index is -4.02. The van der Waals surface area contributed by atoms with Crippen LogP contribution in [0.1, 0.15) is 19.0 Å². The van der Waals surface area contributed by atoms with E-state index in [1.165, 1.54) is 13.1 Å². The Balaban J connectivity index is 2.31. The van der Waals surface area contributed by atoms with E-state index in [0.29, 0.717) is 34.6 Å². The molecule has 0 saturated heterocycles. The number of hydrogen-bond donors (Lipinski definition) is 0. The van der Waals surface area contributed by atoms with Crippen LogP contribution in [0.3, 0.4) is 0 Å². The molecule has 0 aliphatic heterocycles. The quantitative estimate of drug-likeness (QED) is 0.676. The normalized spacial score (nSPS) is 12.0. The Bertz CT molecular complexity index is 1030. The van der Waals surface area contributed by atoms with E-state index in [4.69, 9.17) is 23.2 Å². The molecule has 0 saturated carbocycles. The monoisotopic (exact) mass is 386 g/mol. The van der Waals surface area contributed by atoms with Crippen LogP contribution in [0.15, 0.2) is 22.3 Å². The number of hydrogen-bond acceptors (Lipinski definition) is 7. The molecule has 126 valence electrons. The van der Waals surface area contributed by atoms with E-state index in [9.17, 15) is 8.42 Å². The van der Waals surface area contributed by atoms with Gasteiger partial charge in [-0.25, -0.2) is 23.1 Å². The first-order valence-corrected chi connectivity index (χ1v) is 9.21. The fraction of sp³-hybridized carbons (Fsp3) is 0.308. The van der Waals surface area contributed by atoms with Crippen molar-refractivity contribution in [3.05, 3.63) is 27.9 Å². The van der Waals surface area contributed by atoms with Gasteiger partial charge in [0.1, 0.15) is 0 Å². The van der Waals surface area contributed by atoms with Crippen molar-refractivity contribution in [2.24, 2.45) is 7.05 Å². The lowest BCUT2D eigenvalue weighted by Gasteiger charge is -2.09. The molecular formula is C13H12Cl2N6O2S. The summed E-state index contributed by atoms with van der Waals surface area (Å²) >= 11 is 12.0. The number of halogens is 2. The molecule has 0 amide bonds. The van der Waals surface area contributed by atoms with Crippen LogP contribution < -0.4 is 0 Å². The van der Waals surface area contributed by atoms with Crippen LogP contribution in [-0.4, -0.2) is 38.6 Å². The molecule has 11 heteroatoms. The van der Waals surface area contributed by atoms with E-state index in [1.807, 2.05) is 6.92 Å². The van der Waals surface area contributed by atoms with E-state index in [0.717, 1.165) is 4.68 Å². The van der Waals surface area contributed by atoms with Gasteiger partial charge in [0.15, 0.2) is 5.03 Å². The molecule has 8 nitrogen and oxygen atoms in total. The zero-order valence-electron chi connectivity index (χ0n) is 12.7. The van der Waals surface area contributed by atoms with Gasteiger partial charge in [-0.3, -0.25) is 0 Å². The topological polar surface area (TPSA) is 104 Å². The predicted molar refractivity (Wildman–Crippen MR) is 87.8 cm³/mol. The average Bonchev–Trinajstić information content (AvgIpc) is 2.95. The third kappa shape index (κ3) is 2.83. The number of benzene rings is 1. The first kappa shape index (κ1) is 17.0. The van der Waals surface area contributed by atoms with Gasteiger partial charge in [-0.2, -0.15) is 0 Å². The summed E-state index contributed by atoms with van der Waals surface area (Å²) in [5.74, 6) is 0. The molecule has 2 aromatic heterocycles. The van der Waals surface area contributed by atoms with Crippen molar-refractivity contribution >= 4 is 44.1 Å². The molecule has 0 unspecified atom stereocenters. The van der Waals surface area contributed by atoms with E-state index in [1.54, 1.807) is 6.07 Å². The molecule has 0 atom stereocenters. The largest absolute Gasteiger partial charge is 0.273 e. The second-order valence-electron chi connectivity index (χ2n) is 5.07. The lowest BCUT2D eigenvalue weighted by molar-refractivity contribution is 0.563. The number of fused-ring (bicyclic) bond motifs is 1. The van der Waals surface area contributed by atoms with Gasteiger partial charge < -0.3 is 0 Å². The summed E-state index contributed by atoms with van der Waals surface area (Å²) in [6, 6.07) is 3.04. The molecule has 0 aliphatic rings. The van der Waals surface area contributed by atoms with Crippen LogP contribution in [0.4, 0.5) is 0 Å². The second-order valence-corrected chi connectivity index (χ2v) is 7.64. The van der Waals surface area contributed by atoms with Crippen LogP contribution in [0.5, 0.6) is 0 Å². The Morgan fingerprint density at radius 2 is 1.75 bits per heavy atom. The van der Waals surface area contributed by atoms with Gasteiger partial charge in [-0.05, 0) is 29.0 Å². The lowest BCUT2D eigenvalue weighted by atomic mass is 10.2. The van der Waals surface area contributed by atoms with Gasteiger partial charge >= 0.3 is 0 Å². The Hall–Kier alpha value is -1.84. The minimum absolute atomic E-state index is 0.173. The van der Waals surface area contributed by atoms with Gasteiger partial charge in [0.25, 0.3) is 15.0 Å². The molecule has 0 fully saturated rings. The lowest BCUT2D eigenvalue weighted by Crippen LogP contribution is -2.15. The highest BCUT2D eigenvalue weighted by Gasteiger charge is 2.29. The number of nitrogens with zero attached hydrogens (tertiary/aromatic N) is 6. The first-order valence-electron chi connectivity index (χ1n) is 6.97. The fourth-order valence-corrected chi connectivity index (χ4v) is 3.92. The number of rotatable bonds is 4. The fourth-order valence-electron chi connectivity index (χ4n) is 2.22. The zero-order chi connectivity index (χ0) is 17.5. The summed E-state index contributed by atoms with van der Waals surface area (Å²) in [6.45, 7) is 1.92. The van der Waals surface area contributed by atoms with E-state index < -0.39 is 9.84 Å².